The van der Waals surface area contributed by atoms with Crippen LogP contribution in [0.3, 0.4) is 0 Å². The molecule has 0 spiro atoms. The van der Waals surface area contributed by atoms with Gasteiger partial charge in [0.25, 0.3) is 0 Å². The fraction of sp³-hybridized carbons (Fsp3) is 0.636. The zero-order valence-corrected chi connectivity index (χ0v) is 9.72. The number of aliphatic hydroxyl groups is 1. The lowest BCUT2D eigenvalue weighted by Gasteiger charge is -2.03. The third kappa shape index (κ3) is 5.44. The van der Waals surface area contributed by atoms with Crippen LogP contribution in [-0.4, -0.2) is 34.3 Å². The molecule has 0 radical (unpaired) electrons. The molecule has 0 aromatic rings. The van der Waals surface area contributed by atoms with Crippen molar-refractivity contribution in [1.82, 2.24) is 0 Å². The van der Waals surface area contributed by atoms with Crippen molar-refractivity contribution in [3.05, 3.63) is 17.7 Å². The molecule has 0 fully saturated rings. The van der Waals surface area contributed by atoms with E-state index in [9.17, 15) is 9.90 Å². The van der Waals surface area contributed by atoms with Gasteiger partial charge in [-0.3, -0.25) is 0 Å². The molecule has 5 heteroatoms. The van der Waals surface area contributed by atoms with Gasteiger partial charge in [0, 0.05) is 0 Å². The molecule has 0 aromatic heterocycles. The third-order valence-corrected chi connectivity index (χ3v) is 1.92. The Morgan fingerprint density at radius 1 is 1.50 bits per heavy atom. The Kier molecular flexibility index (Phi) is 8.03. The summed E-state index contributed by atoms with van der Waals surface area (Å²) in [6, 6.07) is 0. The summed E-state index contributed by atoms with van der Waals surface area (Å²) in [5.41, 5.74) is 8.26. The Hall–Kier alpha value is -1.45. The molecule has 0 unspecified atom stereocenters. The van der Waals surface area contributed by atoms with Gasteiger partial charge in [0.15, 0.2) is 6.10 Å². The van der Waals surface area contributed by atoms with Crippen LogP contribution in [0.1, 0.15) is 33.1 Å². The molecule has 90 valence electrons. The van der Waals surface area contributed by atoms with Crippen LogP contribution in [0, 0.1) is 0 Å². The third-order valence-electron chi connectivity index (χ3n) is 1.92. The second-order valence-corrected chi connectivity index (χ2v) is 3.18. The fourth-order valence-electron chi connectivity index (χ4n) is 1.12. The van der Waals surface area contributed by atoms with Crippen molar-refractivity contribution in [3.63, 3.8) is 0 Å². The lowest BCUT2D eigenvalue weighted by Crippen LogP contribution is -2.31. The minimum Gasteiger partial charge on any atom is -0.457 e. The van der Waals surface area contributed by atoms with E-state index in [4.69, 9.17) is 5.53 Å². The first-order valence-corrected chi connectivity index (χ1v) is 5.39. The van der Waals surface area contributed by atoms with Crippen LogP contribution in [0.5, 0.6) is 0 Å². The van der Waals surface area contributed by atoms with E-state index in [1.165, 1.54) is 0 Å². The number of ether oxygens (including phenoxy) is 1. The van der Waals surface area contributed by atoms with Gasteiger partial charge in [0.05, 0.1) is 6.61 Å². The Bertz CT molecular complexity index is 294. The largest absolute Gasteiger partial charge is 0.457 e. The highest BCUT2D eigenvalue weighted by atomic mass is 16.5. The van der Waals surface area contributed by atoms with Gasteiger partial charge in [0.1, 0.15) is 0 Å². The van der Waals surface area contributed by atoms with Gasteiger partial charge in [-0.1, -0.05) is 19.1 Å². The van der Waals surface area contributed by atoms with Crippen molar-refractivity contribution in [2.45, 2.75) is 39.2 Å². The van der Waals surface area contributed by atoms with Crippen molar-refractivity contribution in [3.8, 4) is 0 Å². The summed E-state index contributed by atoms with van der Waals surface area (Å²) in [4.78, 5) is 14.0. The van der Waals surface area contributed by atoms with E-state index in [0.717, 1.165) is 6.42 Å². The minimum absolute atomic E-state index is 0.181. The number of nitrogens with zero attached hydrogens (tertiary/aromatic N) is 2. The fourth-order valence-corrected chi connectivity index (χ4v) is 1.12. The van der Waals surface area contributed by atoms with Crippen molar-refractivity contribution in [1.29, 1.82) is 0 Å². The van der Waals surface area contributed by atoms with Gasteiger partial charge in [0.2, 0.25) is 0 Å². The van der Waals surface area contributed by atoms with Crippen molar-refractivity contribution in [2.24, 2.45) is 0 Å². The van der Waals surface area contributed by atoms with Crippen molar-refractivity contribution < 1.29 is 19.4 Å². The molecule has 0 aromatic carbocycles. The Morgan fingerprint density at radius 3 is 2.69 bits per heavy atom. The van der Waals surface area contributed by atoms with Crippen molar-refractivity contribution in [2.75, 3.05) is 6.61 Å². The van der Waals surface area contributed by atoms with Gasteiger partial charge >= 0.3 is 11.7 Å². The van der Waals surface area contributed by atoms with Crippen LogP contribution >= 0.6 is 0 Å². The Balaban J connectivity index is 4.22. The normalized spacial score (nSPS) is 12.2. The molecule has 0 amide bonds. The first-order valence-electron chi connectivity index (χ1n) is 5.39. The van der Waals surface area contributed by atoms with Crippen LogP contribution in [0.25, 0.3) is 5.53 Å². The van der Waals surface area contributed by atoms with Crippen LogP contribution in [-0.2, 0) is 9.53 Å². The van der Waals surface area contributed by atoms with E-state index in [1.54, 1.807) is 6.92 Å². The smallest absolute Gasteiger partial charge is 0.419 e. The SMILES string of the molecule is CC/C=C\CC[C@H](O)C(=[N+]=[N-])C(=O)OCC. The average molecular weight is 226 g/mol. The molecule has 0 aliphatic carbocycles. The molecule has 0 saturated carbocycles. The molecule has 0 aliphatic heterocycles. The quantitative estimate of drug-likeness (QED) is 0.234. The summed E-state index contributed by atoms with van der Waals surface area (Å²) < 4.78 is 4.64. The number of hydrogen-bond acceptors (Lipinski definition) is 3. The molecule has 0 heterocycles. The highest BCUT2D eigenvalue weighted by Gasteiger charge is 2.30. The van der Waals surface area contributed by atoms with E-state index in [-0.39, 0.29) is 12.3 Å². The highest BCUT2D eigenvalue weighted by Crippen LogP contribution is 2.01. The summed E-state index contributed by atoms with van der Waals surface area (Å²) in [5.74, 6) is -0.781. The molecular formula is C11H18N2O3. The number of carbonyl (C=O) groups excluding carboxylic acids is 1. The second-order valence-electron chi connectivity index (χ2n) is 3.18. The summed E-state index contributed by atoms with van der Waals surface area (Å²) in [6.07, 6.45) is 4.65. The molecule has 0 bridgehead atoms. The van der Waals surface area contributed by atoms with E-state index in [0.29, 0.717) is 12.8 Å². The number of aliphatic hydroxyl groups excluding tert-OH is 1. The maximum absolute atomic E-state index is 11.2. The summed E-state index contributed by atoms with van der Waals surface area (Å²) in [7, 11) is 0. The zero-order chi connectivity index (χ0) is 12.4. The number of esters is 1. The van der Waals surface area contributed by atoms with Crippen molar-refractivity contribution >= 4 is 11.7 Å². The van der Waals surface area contributed by atoms with Crippen LogP contribution < -0.4 is 0 Å². The predicted octanol–water partition coefficient (Wildman–Crippen LogP) is 1.33. The number of carbonyl (C=O) groups is 1. The van der Waals surface area contributed by atoms with Gasteiger partial charge in [-0.25, -0.2) is 4.79 Å². The van der Waals surface area contributed by atoms with Gasteiger partial charge in [-0.2, -0.15) is 4.79 Å². The maximum atomic E-state index is 11.2. The first-order chi connectivity index (χ1) is 7.67. The van der Waals surface area contributed by atoms with Gasteiger partial charge < -0.3 is 15.4 Å². The highest BCUT2D eigenvalue weighted by molar-refractivity contribution is 6.35. The molecule has 1 N–H and O–H groups in total. The van der Waals surface area contributed by atoms with E-state index >= 15 is 0 Å². The lowest BCUT2D eigenvalue weighted by molar-refractivity contribution is -0.141. The van der Waals surface area contributed by atoms with Gasteiger partial charge in [-0.05, 0) is 26.2 Å². The Morgan fingerprint density at radius 2 is 2.19 bits per heavy atom. The van der Waals surface area contributed by atoms with E-state index in [2.05, 4.69) is 9.53 Å². The number of rotatable bonds is 7. The van der Waals surface area contributed by atoms with E-state index < -0.39 is 12.1 Å². The predicted molar refractivity (Wildman–Crippen MR) is 59.9 cm³/mol. The lowest BCUT2D eigenvalue weighted by atomic mass is 10.1. The minimum atomic E-state index is -1.09. The summed E-state index contributed by atoms with van der Waals surface area (Å²) in [6.45, 7) is 3.83. The molecule has 5 nitrogen and oxygen atoms in total. The second kappa shape index (κ2) is 8.83. The van der Waals surface area contributed by atoms with Gasteiger partial charge in [-0.15, -0.1) is 0 Å². The topological polar surface area (TPSA) is 82.9 Å². The standard InChI is InChI=1S/C11H18N2O3/c1-3-5-6-7-8-9(14)10(13-12)11(15)16-4-2/h5-6,9,14H,3-4,7-8H2,1-2H3/b6-5-/t9-/m0/s1. The molecule has 1 atom stereocenters. The van der Waals surface area contributed by atoms with Crippen LogP contribution in [0.4, 0.5) is 0 Å². The van der Waals surface area contributed by atoms with Crippen LogP contribution in [0.2, 0.25) is 0 Å². The zero-order valence-electron chi connectivity index (χ0n) is 9.72. The molecule has 0 aliphatic rings. The van der Waals surface area contributed by atoms with E-state index in [1.807, 2.05) is 19.1 Å². The number of allylic oxidation sites excluding steroid dienone is 2. The van der Waals surface area contributed by atoms with Crippen LogP contribution in [0.15, 0.2) is 12.2 Å². The maximum Gasteiger partial charge on any atom is 0.419 e. The first kappa shape index (κ1) is 14.6. The Labute approximate surface area is 95.4 Å². The monoisotopic (exact) mass is 226 g/mol. The molecular weight excluding hydrogens is 208 g/mol. The summed E-state index contributed by atoms with van der Waals surface area (Å²) in [5, 5.41) is 9.58. The molecule has 0 saturated heterocycles. The number of hydrogen-bond donors (Lipinski definition) is 1. The molecule has 0 rings (SSSR count). The average Bonchev–Trinajstić information content (AvgIpc) is 2.26. The molecule has 16 heavy (non-hydrogen) atoms. The summed E-state index contributed by atoms with van der Waals surface area (Å²) >= 11 is 0.